The smallest absolute Gasteiger partial charge is 0.267 e. The Kier molecular flexibility index (Phi) is 4.46. The number of carbonyl (C=O) groups is 1. The SMILES string of the molecule is O=C(N[C@H]1CN2CCC1CC2)c1ccc(Cc2ccccc2Br)[nH]1. The molecule has 1 atom stereocenters. The molecule has 0 aliphatic carbocycles. The largest absolute Gasteiger partial charge is 0.354 e. The fraction of sp³-hybridized carbons (Fsp3) is 0.421. The molecule has 2 N–H and O–H groups in total. The van der Waals surface area contributed by atoms with E-state index in [1.807, 2.05) is 30.3 Å². The molecule has 4 nitrogen and oxygen atoms in total. The molecule has 5 heteroatoms. The molecule has 0 spiro atoms. The Balaban J connectivity index is 1.41. The fourth-order valence-electron chi connectivity index (χ4n) is 3.90. The summed E-state index contributed by atoms with van der Waals surface area (Å²) in [7, 11) is 0. The molecule has 2 aromatic rings. The topological polar surface area (TPSA) is 48.1 Å². The number of piperidine rings is 3. The van der Waals surface area contributed by atoms with Gasteiger partial charge in [-0.3, -0.25) is 4.79 Å². The first kappa shape index (κ1) is 15.9. The van der Waals surface area contributed by atoms with Gasteiger partial charge in [0.2, 0.25) is 0 Å². The van der Waals surface area contributed by atoms with Crippen molar-refractivity contribution in [2.45, 2.75) is 25.3 Å². The van der Waals surface area contributed by atoms with Gasteiger partial charge in [0.05, 0.1) is 0 Å². The number of aromatic nitrogens is 1. The maximum atomic E-state index is 12.6. The second-order valence-corrected chi connectivity index (χ2v) is 7.74. The van der Waals surface area contributed by atoms with Gasteiger partial charge in [0.15, 0.2) is 0 Å². The number of nitrogens with zero attached hydrogens (tertiary/aromatic N) is 1. The van der Waals surface area contributed by atoms with Crippen molar-refractivity contribution >= 4 is 21.8 Å². The van der Waals surface area contributed by atoms with Crippen LogP contribution < -0.4 is 5.32 Å². The average molecular weight is 388 g/mol. The Morgan fingerprint density at radius 1 is 1.21 bits per heavy atom. The predicted molar refractivity (Wildman–Crippen MR) is 98.2 cm³/mol. The van der Waals surface area contributed by atoms with Crippen LogP contribution in [0.5, 0.6) is 0 Å². The number of rotatable bonds is 4. The first-order chi connectivity index (χ1) is 11.7. The van der Waals surface area contributed by atoms with Gasteiger partial charge in [0.1, 0.15) is 5.69 Å². The van der Waals surface area contributed by atoms with Crippen LogP contribution in [0, 0.1) is 5.92 Å². The Labute approximate surface area is 150 Å². The molecule has 0 radical (unpaired) electrons. The van der Waals surface area contributed by atoms with E-state index in [1.165, 1.54) is 31.5 Å². The molecule has 3 aliphatic rings. The molecule has 5 rings (SSSR count). The summed E-state index contributed by atoms with van der Waals surface area (Å²) in [5, 5.41) is 3.23. The zero-order chi connectivity index (χ0) is 16.5. The minimum absolute atomic E-state index is 0.0205. The minimum atomic E-state index is 0.0205. The van der Waals surface area contributed by atoms with Crippen LogP contribution >= 0.6 is 15.9 Å². The summed E-state index contributed by atoms with van der Waals surface area (Å²) in [5.74, 6) is 0.667. The van der Waals surface area contributed by atoms with Gasteiger partial charge in [-0.2, -0.15) is 0 Å². The van der Waals surface area contributed by atoms with Crippen LogP contribution in [-0.4, -0.2) is 41.5 Å². The molecule has 0 saturated carbocycles. The molecule has 1 aromatic heterocycles. The highest BCUT2D eigenvalue weighted by Crippen LogP contribution is 2.27. The maximum absolute atomic E-state index is 12.6. The highest BCUT2D eigenvalue weighted by Gasteiger charge is 2.35. The van der Waals surface area contributed by atoms with Crippen molar-refractivity contribution in [2.24, 2.45) is 5.92 Å². The number of aromatic amines is 1. The predicted octanol–water partition coefficient (Wildman–Crippen LogP) is 3.19. The van der Waals surface area contributed by atoms with Crippen molar-refractivity contribution < 1.29 is 4.79 Å². The second-order valence-electron chi connectivity index (χ2n) is 6.88. The monoisotopic (exact) mass is 387 g/mol. The summed E-state index contributed by atoms with van der Waals surface area (Å²) < 4.78 is 1.10. The average Bonchev–Trinajstić information content (AvgIpc) is 3.07. The summed E-state index contributed by atoms with van der Waals surface area (Å²) in [6, 6.07) is 12.4. The highest BCUT2D eigenvalue weighted by atomic mass is 79.9. The maximum Gasteiger partial charge on any atom is 0.267 e. The third kappa shape index (κ3) is 3.28. The standard InChI is InChI=1S/C19H22BrN3O/c20-16-4-2-1-3-14(16)11-15-5-6-17(21-15)19(24)22-18-12-23-9-7-13(18)8-10-23/h1-6,13,18,21H,7-12H2,(H,22,24)/t18-/m0/s1. The van der Waals surface area contributed by atoms with Gasteiger partial charge in [-0.15, -0.1) is 0 Å². The van der Waals surface area contributed by atoms with Crippen molar-refractivity contribution in [1.82, 2.24) is 15.2 Å². The van der Waals surface area contributed by atoms with E-state index in [0.717, 1.165) is 23.1 Å². The third-order valence-electron chi connectivity index (χ3n) is 5.30. The van der Waals surface area contributed by atoms with E-state index in [1.54, 1.807) is 0 Å². The lowest BCUT2D eigenvalue weighted by Gasteiger charge is -2.44. The molecule has 24 heavy (non-hydrogen) atoms. The third-order valence-corrected chi connectivity index (χ3v) is 6.08. The first-order valence-electron chi connectivity index (χ1n) is 8.63. The van der Waals surface area contributed by atoms with Crippen molar-refractivity contribution in [3.05, 3.63) is 57.8 Å². The zero-order valence-electron chi connectivity index (χ0n) is 13.6. The Hall–Kier alpha value is -1.59. The molecule has 1 aromatic carbocycles. The van der Waals surface area contributed by atoms with Crippen molar-refractivity contribution in [3.8, 4) is 0 Å². The number of hydrogen-bond donors (Lipinski definition) is 2. The van der Waals surface area contributed by atoms with E-state index < -0.39 is 0 Å². The van der Waals surface area contributed by atoms with Gasteiger partial charge in [0.25, 0.3) is 5.91 Å². The number of halogens is 1. The van der Waals surface area contributed by atoms with Crippen molar-refractivity contribution in [2.75, 3.05) is 19.6 Å². The lowest BCUT2D eigenvalue weighted by atomic mass is 9.84. The number of fused-ring (bicyclic) bond motifs is 3. The molecular weight excluding hydrogens is 366 g/mol. The summed E-state index contributed by atoms with van der Waals surface area (Å²) in [6.07, 6.45) is 3.21. The minimum Gasteiger partial charge on any atom is -0.354 e. The number of hydrogen-bond acceptors (Lipinski definition) is 2. The number of nitrogens with one attached hydrogen (secondary N) is 2. The van der Waals surface area contributed by atoms with Gasteiger partial charge in [-0.05, 0) is 55.6 Å². The van der Waals surface area contributed by atoms with E-state index in [4.69, 9.17) is 0 Å². The Morgan fingerprint density at radius 2 is 2.00 bits per heavy atom. The molecule has 4 heterocycles. The van der Waals surface area contributed by atoms with Gasteiger partial charge < -0.3 is 15.2 Å². The van der Waals surface area contributed by atoms with Gasteiger partial charge in [-0.25, -0.2) is 0 Å². The molecule has 0 unspecified atom stereocenters. The fourth-order valence-corrected chi connectivity index (χ4v) is 4.32. The summed E-state index contributed by atoms with van der Waals surface area (Å²) >= 11 is 3.58. The van der Waals surface area contributed by atoms with E-state index in [2.05, 4.69) is 37.2 Å². The first-order valence-corrected chi connectivity index (χ1v) is 9.43. The van der Waals surface area contributed by atoms with Crippen LogP contribution in [0.3, 0.4) is 0 Å². The van der Waals surface area contributed by atoms with Crippen LogP contribution in [0.25, 0.3) is 0 Å². The molecule has 126 valence electrons. The van der Waals surface area contributed by atoms with E-state index in [9.17, 15) is 4.79 Å². The second kappa shape index (κ2) is 6.73. The highest BCUT2D eigenvalue weighted by molar-refractivity contribution is 9.10. The molecule has 3 fully saturated rings. The molecule has 3 aliphatic heterocycles. The molecular formula is C19H22BrN3O. The molecule has 1 amide bonds. The quantitative estimate of drug-likeness (QED) is 0.845. The van der Waals surface area contributed by atoms with Crippen LogP contribution in [-0.2, 0) is 6.42 Å². The number of carbonyl (C=O) groups excluding carboxylic acids is 1. The van der Waals surface area contributed by atoms with Gasteiger partial charge >= 0.3 is 0 Å². The number of benzene rings is 1. The zero-order valence-corrected chi connectivity index (χ0v) is 15.2. The number of H-pyrrole nitrogens is 1. The summed E-state index contributed by atoms with van der Waals surface area (Å²) in [4.78, 5) is 18.3. The molecule has 2 bridgehead atoms. The van der Waals surface area contributed by atoms with E-state index >= 15 is 0 Å². The van der Waals surface area contributed by atoms with E-state index in [-0.39, 0.29) is 5.91 Å². The van der Waals surface area contributed by atoms with Crippen LogP contribution in [0.15, 0.2) is 40.9 Å². The van der Waals surface area contributed by atoms with Crippen molar-refractivity contribution in [1.29, 1.82) is 0 Å². The lowest BCUT2D eigenvalue weighted by Crippen LogP contribution is -2.57. The Morgan fingerprint density at radius 3 is 2.71 bits per heavy atom. The van der Waals surface area contributed by atoms with Crippen LogP contribution in [0.2, 0.25) is 0 Å². The normalized spacial score (nSPS) is 25.6. The molecule has 3 saturated heterocycles. The van der Waals surface area contributed by atoms with Crippen LogP contribution in [0.1, 0.15) is 34.6 Å². The summed E-state index contributed by atoms with van der Waals surface area (Å²) in [5.41, 5.74) is 2.93. The lowest BCUT2D eigenvalue weighted by molar-refractivity contribution is 0.0618. The van der Waals surface area contributed by atoms with Gasteiger partial charge in [-0.1, -0.05) is 34.1 Å². The van der Waals surface area contributed by atoms with Gasteiger partial charge in [0, 0.05) is 29.2 Å². The van der Waals surface area contributed by atoms with Crippen molar-refractivity contribution in [3.63, 3.8) is 0 Å². The van der Waals surface area contributed by atoms with E-state index in [0.29, 0.717) is 17.7 Å². The van der Waals surface area contributed by atoms with Crippen LogP contribution in [0.4, 0.5) is 0 Å². The summed E-state index contributed by atoms with van der Waals surface area (Å²) in [6.45, 7) is 3.38. The number of amides is 1. The Bertz CT molecular complexity index is 734.